The minimum absolute atomic E-state index is 0.0259. The van der Waals surface area contributed by atoms with Crippen LogP contribution in [0, 0.1) is 18.8 Å². The maximum Gasteiger partial charge on any atom is 0.227 e. The van der Waals surface area contributed by atoms with E-state index >= 15 is 0 Å². The average molecular weight is 388 g/mol. The summed E-state index contributed by atoms with van der Waals surface area (Å²) in [6.07, 6.45) is 5.82. The van der Waals surface area contributed by atoms with E-state index in [9.17, 15) is 4.79 Å². The van der Waals surface area contributed by atoms with E-state index in [1.165, 1.54) is 19.3 Å². The fraction of sp³-hybridized carbons (Fsp3) is 0.762. The first-order valence-electron chi connectivity index (χ1n) is 10.7. The molecule has 1 amide bonds. The predicted molar refractivity (Wildman–Crippen MR) is 110 cm³/mol. The molecule has 1 N–H and O–H groups in total. The Labute approximate surface area is 167 Å². The Balaban J connectivity index is 1.49. The van der Waals surface area contributed by atoms with Gasteiger partial charge in [-0.05, 0) is 50.9 Å². The van der Waals surface area contributed by atoms with E-state index in [0.29, 0.717) is 11.8 Å². The fourth-order valence-corrected chi connectivity index (χ4v) is 5.21. The Morgan fingerprint density at radius 3 is 2.50 bits per heavy atom. The van der Waals surface area contributed by atoms with Gasteiger partial charge in [-0.3, -0.25) is 4.79 Å². The number of hydrogen-bond donors (Lipinski definition) is 1. The van der Waals surface area contributed by atoms with Crippen molar-refractivity contribution < 1.29 is 9.53 Å². The number of aromatic nitrogens is 2. The third-order valence-electron chi connectivity index (χ3n) is 6.60. The average Bonchev–Trinajstić information content (AvgIpc) is 3.10. The van der Waals surface area contributed by atoms with Crippen molar-refractivity contribution in [3.8, 4) is 0 Å². The minimum atomic E-state index is 0.0259. The summed E-state index contributed by atoms with van der Waals surface area (Å²) in [6, 6.07) is 2.23. The molecule has 0 unspecified atom stereocenters. The number of nitrogens with zero attached hydrogens (tertiary/aromatic N) is 4. The largest absolute Gasteiger partial charge is 0.379 e. The number of aryl methyl sites for hydroxylation is 1. The maximum atomic E-state index is 11.6. The standard InChI is InChI=1S/C21H33N5O2/c1-14-9-20(24-21(22-14)25-7-5-4-6-8-25)26-12-16-10-18(23-15(2)27)19(28-3)11-17(16)13-26/h9,16-19H,4-8,10-13H2,1-3H3,(H,23,27)/t16-,17+,18-,19-/m1/s1. The van der Waals surface area contributed by atoms with Crippen LogP contribution in [0.2, 0.25) is 0 Å². The van der Waals surface area contributed by atoms with Gasteiger partial charge in [-0.1, -0.05) is 0 Å². The number of rotatable bonds is 4. The molecule has 7 nitrogen and oxygen atoms in total. The number of nitrogens with one attached hydrogen (secondary N) is 1. The molecule has 0 radical (unpaired) electrons. The molecular formula is C21H33N5O2. The number of anilines is 2. The highest BCUT2D eigenvalue weighted by atomic mass is 16.5. The van der Waals surface area contributed by atoms with Crippen molar-refractivity contribution in [2.24, 2.45) is 11.8 Å². The van der Waals surface area contributed by atoms with Crippen LogP contribution in [0.1, 0.15) is 44.7 Å². The maximum absolute atomic E-state index is 11.6. The summed E-state index contributed by atoms with van der Waals surface area (Å²) in [6.45, 7) is 7.77. The molecule has 7 heteroatoms. The zero-order valence-corrected chi connectivity index (χ0v) is 17.4. The third-order valence-corrected chi connectivity index (χ3v) is 6.60. The number of amides is 1. The highest BCUT2D eigenvalue weighted by Crippen LogP contribution is 2.39. The van der Waals surface area contributed by atoms with Crippen molar-refractivity contribution in [3.05, 3.63) is 11.8 Å². The number of carbonyl (C=O) groups excluding carboxylic acids is 1. The van der Waals surface area contributed by atoms with Crippen molar-refractivity contribution in [1.29, 1.82) is 0 Å². The molecule has 4 atom stereocenters. The second-order valence-corrected chi connectivity index (χ2v) is 8.69. The van der Waals surface area contributed by atoms with Crippen LogP contribution < -0.4 is 15.1 Å². The molecule has 1 aliphatic carbocycles. The number of ether oxygens (including phenoxy) is 1. The molecule has 0 spiro atoms. The molecule has 2 saturated heterocycles. The SMILES string of the molecule is CO[C@@H]1C[C@H]2CN(c3cc(C)nc(N4CCCCC4)n3)C[C@H]2C[C@H]1NC(C)=O. The Morgan fingerprint density at radius 1 is 1.11 bits per heavy atom. The number of carbonyl (C=O) groups is 1. The van der Waals surface area contributed by atoms with Crippen LogP contribution in [0.4, 0.5) is 11.8 Å². The van der Waals surface area contributed by atoms with E-state index in [1.54, 1.807) is 14.0 Å². The first-order chi connectivity index (χ1) is 13.5. The third kappa shape index (κ3) is 4.09. The summed E-state index contributed by atoms with van der Waals surface area (Å²) >= 11 is 0. The summed E-state index contributed by atoms with van der Waals surface area (Å²) in [4.78, 5) is 26.0. The molecule has 3 aliphatic rings. The van der Waals surface area contributed by atoms with Gasteiger partial charge in [0.2, 0.25) is 11.9 Å². The highest BCUT2D eigenvalue weighted by molar-refractivity contribution is 5.73. The van der Waals surface area contributed by atoms with E-state index in [4.69, 9.17) is 14.7 Å². The Bertz CT molecular complexity index is 706. The first kappa shape index (κ1) is 19.4. The second kappa shape index (κ2) is 8.23. The summed E-state index contributed by atoms with van der Waals surface area (Å²) in [5, 5.41) is 3.10. The summed E-state index contributed by atoms with van der Waals surface area (Å²) in [5.74, 6) is 3.11. The van der Waals surface area contributed by atoms with E-state index in [2.05, 4.69) is 28.1 Å². The molecule has 3 fully saturated rings. The van der Waals surface area contributed by atoms with Gasteiger partial charge < -0.3 is 19.9 Å². The lowest BCUT2D eigenvalue weighted by molar-refractivity contribution is -0.121. The first-order valence-corrected chi connectivity index (χ1v) is 10.7. The predicted octanol–water partition coefficient (Wildman–Crippen LogP) is 2.14. The molecule has 28 heavy (non-hydrogen) atoms. The van der Waals surface area contributed by atoms with Crippen LogP contribution in [-0.2, 0) is 9.53 Å². The summed E-state index contributed by atoms with van der Waals surface area (Å²) < 4.78 is 5.71. The van der Waals surface area contributed by atoms with E-state index in [-0.39, 0.29) is 18.1 Å². The van der Waals surface area contributed by atoms with Gasteiger partial charge in [0.25, 0.3) is 0 Å². The van der Waals surface area contributed by atoms with E-state index < -0.39 is 0 Å². The van der Waals surface area contributed by atoms with Gasteiger partial charge in [-0.15, -0.1) is 0 Å². The number of piperidine rings is 1. The van der Waals surface area contributed by atoms with Crippen LogP contribution in [0.25, 0.3) is 0 Å². The number of hydrogen-bond acceptors (Lipinski definition) is 6. The van der Waals surface area contributed by atoms with Crippen LogP contribution in [0.15, 0.2) is 6.07 Å². The molecule has 1 saturated carbocycles. The molecule has 0 bridgehead atoms. The van der Waals surface area contributed by atoms with Gasteiger partial charge in [0.1, 0.15) is 5.82 Å². The van der Waals surface area contributed by atoms with Gasteiger partial charge >= 0.3 is 0 Å². The lowest BCUT2D eigenvalue weighted by Gasteiger charge is -2.37. The molecule has 3 heterocycles. The summed E-state index contributed by atoms with van der Waals surface area (Å²) in [5.41, 5.74) is 1.03. The lowest BCUT2D eigenvalue weighted by atomic mass is 9.77. The molecule has 154 valence electrons. The number of methoxy groups -OCH3 is 1. The lowest BCUT2D eigenvalue weighted by Crippen LogP contribution is -2.49. The highest BCUT2D eigenvalue weighted by Gasteiger charge is 2.43. The molecule has 0 aromatic carbocycles. The Morgan fingerprint density at radius 2 is 1.82 bits per heavy atom. The van der Waals surface area contributed by atoms with Gasteiger partial charge in [0.15, 0.2) is 0 Å². The molecule has 2 aliphatic heterocycles. The molecule has 1 aromatic rings. The van der Waals surface area contributed by atoms with Gasteiger partial charge in [0.05, 0.1) is 12.1 Å². The smallest absolute Gasteiger partial charge is 0.227 e. The fourth-order valence-electron chi connectivity index (χ4n) is 5.21. The van der Waals surface area contributed by atoms with E-state index in [0.717, 1.165) is 56.5 Å². The second-order valence-electron chi connectivity index (χ2n) is 8.69. The molecular weight excluding hydrogens is 354 g/mol. The van der Waals surface area contributed by atoms with Gasteiger partial charge in [-0.25, -0.2) is 4.98 Å². The Hall–Kier alpha value is -1.89. The van der Waals surface area contributed by atoms with Crippen molar-refractivity contribution >= 4 is 17.7 Å². The molecule has 4 rings (SSSR count). The van der Waals surface area contributed by atoms with Crippen LogP contribution >= 0.6 is 0 Å². The topological polar surface area (TPSA) is 70.6 Å². The zero-order chi connectivity index (χ0) is 19.7. The molecule has 1 aromatic heterocycles. The van der Waals surface area contributed by atoms with Crippen molar-refractivity contribution in [1.82, 2.24) is 15.3 Å². The van der Waals surface area contributed by atoms with Crippen LogP contribution in [-0.4, -0.2) is 61.3 Å². The van der Waals surface area contributed by atoms with Crippen molar-refractivity contribution in [3.63, 3.8) is 0 Å². The summed E-state index contributed by atoms with van der Waals surface area (Å²) in [7, 11) is 1.76. The monoisotopic (exact) mass is 387 g/mol. The Kier molecular flexibility index (Phi) is 5.71. The van der Waals surface area contributed by atoms with Crippen LogP contribution in [0.5, 0.6) is 0 Å². The normalized spacial score (nSPS) is 30.2. The van der Waals surface area contributed by atoms with Gasteiger partial charge in [0, 0.05) is 52.0 Å². The van der Waals surface area contributed by atoms with E-state index in [1.807, 2.05) is 0 Å². The van der Waals surface area contributed by atoms with Crippen LogP contribution in [0.3, 0.4) is 0 Å². The minimum Gasteiger partial charge on any atom is -0.379 e. The quantitative estimate of drug-likeness (QED) is 0.854. The van der Waals surface area contributed by atoms with Gasteiger partial charge in [-0.2, -0.15) is 4.98 Å². The number of fused-ring (bicyclic) bond motifs is 1. The van der Waals surface area contributed by atoms with Crippen molar-refractivity contribution in [2.45, 2.75) is 58.1 Å². The van der Waals surface area contributed by atoms with Crippen molar-refractivity contribution in [2.75, 3.05) is 43.1 Å². The zero-order valence-electron chi connectivity index (χ0n) is 17.4.